The van der Waals surface area contributed by atoms with Gasteiger partial charge in [-0.15, -0.1) is 0 Å². The number of aromatic nitrogens is 1. The lowest BCUT2D eigenvalue weighted by Gasteiger charge is -2.22. The lowest BCUT2D eigenvalue weighted by molar-refractivity contribution is -0.137. The fraction of sp³-hybridized carbons (Fsp3) is 0.333. The number of nitrogens with zero attached hydrogens (tertiary/aromatic N) is 2. The minimum Gasteiger partial charge on any atom is -0.481 e. The lowest BCUT2D eigenvalue weighted by Crippen LogP contribution is -2.40. The van der Waals surface area contributed by atoms with E-state index in [1.165, 1.54) is 0 Å². The summed E-state index contributed by atoms with van der Waals surface area (Å²) in [7, 11) is 0. The molecule has 0 radical (unpaired) electrons. The molecule has 1 aliphatic rings. The van der Waals surface area contributed by atoms with Crippen molar-refractivity contribution >= 4 is 21.8 Å². The Labute approximate surface area is 149 Å². The zero-order chi connectivity index (χ0) is 16.9. The van der Waals surface area contributed by atoms with Gasteiger partial charge in [0.1, 0.15) is 11.9 Å². The van der Waals surface area contributed by atoms with Gasteiger partial charge >= 0.3 is 0 Å². The first-order valence-corrected chi connectivity index (χ1v) is 8.70. The monoisotopic (exact) mass is 390 g/mol. The molecule has 0 bridgehead atoms. The smallest absolute Gasteiger partial charge is 0.263 e. The summed E-state index contributed by atoms with van der Waals surface area (Å²) in [5.41, 5.74) is 0. The fourth-order valence-corrected chi connectivity index (χ4v) is 3.00. The van der Waals surface area contributed by atoms with Crippen molar-refractivity contribution in [3.05, 3.63) is 53.1 Å². The van der Waals surface area contributed by atoms with Gasteiger partial charge in [-0.25, -0.2) is 4.98 Å². The minimum absolute atomic E-state index is 0.0231. The number of rotatable bonds is 5. The van der Waals surface area contributed by atoms with Gasteiger partial charge in [0.25, 0.3) is 5.91 Å². The van der Waals surface area contributed by atoms with E-state index in [1.54, 1.807) is 18.0 Å². The highest BCUT2D eigenvalue weighted by atomic mass is 79.9. The van der Waals surface area contributed by atoms with Crippen LogP contribution in [-0.2, 0) is 4.79 Å². The van der Waals surface area contributed by atoms with Gasteiger partial charge in [0, 0.05) is 19.2 Å². The Balaban J connectivity index is 1.55. The molecule has 1 fully saturated rings. The third-order valence-corrected chi connectivity index (χ3v) is 4.47. The number of likely N-dealkylation sites (tertiary alicyclic amines) is 1. The van der Waals surface area contributed by atoms with E-state index in [9.17, 15) is 4.79 Å². The van der Waals surface area contributed by atoms with Crippen LogP contribution in [0, 0.1) is 0 Å². The van der Waals surface area contributed by atoms with Crippen LogP contribution in [0.3, 0.4) is 0 Å². The zero-order valence-corrected chi connectivity index (χ0v) is 15.0. The van der Waals surface area contributed by atoms with E-state index in [0.717, 1.165) is 10.9 Å². The normalized spacial score (nSPS) is 18.2. The van der Waals surface area contributed by atoms with E-state index < -0.39 is 6.10 Å². The Morgan fingerprint density at radius 2 is 2.08 bits per heavy atom. The molecule has 126 valence electrons. The van der Waals surface area contributed by atoms with Crippen LogP contribution in [0.2, 0.25) is 0 Å². The molecule has 5 nitrogen and oxygen atoms in total. The largest absolute Gasteiger partial charge is 0.481 e. The van der Waals surface area contributed by atoms with Crippen LogP contribution < -0.4 is 9.47 Å². The minimum atomic E-state index is -0.521. The predicted octanol–water partition coefficient (Wildman–Crippen LogP) is 3.29. The van der Waals surface area contributed by atoms with Gasteiger partial charge in [0.05, 0.1) is 11.0 Å². The Bertz CT molecular complexity index is 696. The summed E-state index contributed by atoms with van der Waals surface area (Å²) < 4.78 is 12.4. The van der Waals surface area contributed by atoms with Crippen molar-refractivity contribution in [2.75, 3.05) is 13.1 Å². The second-order valence-electron chi connectivity index (χ2n) is 5.68. The highest BCUT2D eigenvalue weighted by Crippen LogP contribution is 2.25. The highest BCUT2D eigenvalue weighted by Gasteiger charge is 2.31. The molecule has 0 spiro atoms. The maximum atomic E-state index is 12.5. The summed E-state index contributed by atoms with van der Waals surface area (Å²) in [5.74, 6) is 1.23. The Hall–Kier alpha value is -2.08. The number of carbonyl (C=O) groups is 1. The number of pyridine rings is 1. The van der Waals surface area contributed by atoms with Crippen LogP contribution in [0.1, 0.15) is 13.3 Å². The molecule has 2 unspecified atom stereocenters. The summed E-state index contributed by atoms with van der Waals surface area (Å²) in [6.45, 7) is 2.99. The van der Waals surface area contributed by atoms with Crippen molar-refractivity contribution in [1.82, 2.24) is 9.88 Å². The van der Waals surface area contributed by atoms with Crippen molar-refractivity contribution in [2.24, 2.45) is 0 Å². The molecular formula is C18H19BrN2O3. The van der Waals surface area contributed by atoms with Gasteiger partial charge in [-0.1, -0.05) is 18.2 Å². The van der Waals surface area contributed by atoms with Crippen LogP contribution in [0.25, 0.3) is 0 Å². The summed E-state index contributed by atoms with van der Waals surface area (Å²) in [5, 5.41) is 0. The topological polar surface area (TPSA) is 51.7 Å². The molecule has 0 saturated carbocycles. The Kier molecular flexibility index (Phi) is 5.35. The van der Waals surface area contributed by atoms with Gasteiger partial charge < -0.3 is 14.4 Å². The molecule has 1 aromatic heterocycles. The van der Waals surface area contributed by atoms with Gasteiger partial charge in [0.2, 0.25) is 5.88 Å². The first-order chi connectivity index (χ1) is 11.6. The SMILES string of the molecule is CC(Oc1ccccc1)C(=O)N1CCC(Oc2ncccc2Br)C1. The zero-order valence-electron chi connectivity index (χ0n) is 13.4. The molecule has 24 heavy (non-hydrogen) atoms. The van der Waals surface area contributed by atoms with Crippen LogP contribution in [0.15, 0.2) is 53.1 Å². The van der Waals surface area contributed by atoms with Gasteiger partial charge in [-0.3, -0.25) is 4.79 Å². The number of ether oxygens (including phenoxy) is 2. The Morgan fingerprint density at radius 1 is 1.29 bits per heavy atom. The van der Waals surface area contributed by atoms with Crippen molar-refractivity contribution in [2.45, 2.75) is 25.6 Å². The molecule has 6 heteroatoms. The molecule has 0 N–H and O–H groups in total. The summed E-state index contributed by atoms with van der Waals surface area (Å²) >= 11 is 3.42. The molecule has 1 aromatic carbocycles. The molecule has 1 aliphatic heterocycles. The molecular weight excluding hydrogens is 372 g/mol. The average molecular weight is 391 g/mol. The van der Waals surface area contributed by atoms with Crippen molar-refractivity contribution in [1.29, 1.82) is 0 Å². The van der Waals surface area contributed by atoms with Gasteiger partial charge in [0.15, 0.2) is 6.10 Å². The molecule has 1 amide bonds. The molecule has 2 heterocycles. The van der Waals surface area contributed by atoms with Gasteiger partial charge in [-0.05, 0) is 47.1 Å². The standard InChI is InChI=1S/C18H19BrN2O3/c1-13(23-14-6-3-2-4-7-14)18(22)21-11-9-15(12-21)24-17-16(19)8-5-10-20-17/h2-8,10,13,15H,9,11-12H2,1H3. The number of amides is 1. The second kappa shape index (κ2) is 7.66. The van der Waals surface area contributed by atoms with Crippen LogP contribution in [0.4, 0.5) is 0 Å². The molecule has 2 atom stereocenters. The number of hydrogen-bond acceptors (Lipinski definition) is 4. The van der Waals surface area contributed by atoms with Gasteiger partial charge in [-0.2, -0.15) is 0 Å². The predicted molar refractivity (Wildman–Crippen MR) is 94.1 cm³/mol. The second-order valence-corrected chi connectivity index (χ2v) is 6.53. The quantitative estimate of drug-likeness (QED) is 0.785. The van der Waals surface area contributed by atoms with E-state index in [0.29, 0.717) is 24.7 Å². The Morgan fingerprint density at radius 3 is 2.83 bits per heavy atom. The number of para-hydroxylation sites is 1. The van der Waals surface area contributed by atoms with E-state index in [1.807, 2.05) is 42.5 Å². The number of benzene rings is 1. The van der Waals surface area contributed by atoms with Crippen LogP contribution >= 0.6 is 15.9 Å². The van der Waals surface area contributed by atoms with E-state index in [-0.39, 0.29) is 12.0 Å². The van der Waals surface area contributed by atoms with E-state index in [2.05, 4.69) is 20.9 Å². The maximum Gasteiger partial charge on any atom is 0.263 e. The summed E-state index contributed by atoms with van der Waals surface area (Å²) in [6, 6.07) is 13.1. The third kappa shape index (κ3) is 4.06. The highest BCUT2D eigenvalue weighted by molar-refractivity contribution is 9.10. The number of hydrogen-bond donors (Lipinski definition) is 0. The first kappa shape index (κ1) is 16.8. The van der Waals surface area contributed by atoms with Crippen molar-refractivity contribution in [3.63, 3.8) is 0 Å². The maximum absolute atomic E-state index is 12.5. The van der Waals surface area contributed by atoms with E-state index in [4.69, 9.17) is 9.47 Å². The molecule has 3 rings (SSSR count). The first-order valence-electron chi connectivity index (χ1n) is 7.91. The summed E-state index contributed by atoms with van der Waals surface area (Å²) in [6.07, 6.45) is 1.90. The van der Waals surface area contributed by atoms with Crippen molar-refractivity contribution < 1.29 is 14.3 Å². The van der Waals surface area contributed by atoms with Crippen LogP contribution in [0.5, 0.6) is 11.6 Å². The number of halogens is 1. The van der Waals surface area contributed by atoms with Crippen LogP contribution in [-0.4, -0.2) is 41.1 Å². The van der Waals surface area contributed by atoms with E-state index >= 15 is 0 Å². The molecule has 2 aromatic rings. The molecule has 0 aliphatic carbocycles. The lowest BCUT2D eigenvalue weighted by atomic mass is 10.3. The molecule has 1 saturated heterocycles. The fourth-order valence-electron chi connectivity index (χ4n) is 2.65. The van der Waals surface area contributed by atoms with Crippen molar-refractivity contribution in [3.8, 4) is 11.6 Å². The third-order valence-electron chi connectivity index (χ3n) is 3.86. The average Bonchev–Trinajstić information content (AvgIpc) is 3.05. The number of carbonyl (C=O) groups excluding carboxylic acids is 1. The summed E-state index contributed by atoms with van der Waals surface area (Å²) in [4.78, 5) is 18.5.